The minimum atomic E-state index is -0.108. The first kappa shape index (κ1) is 19.9. The molecule has 0 aliphatic carbocycles. The molecule has 1 aromatic heterocycles. The topological polar surface area (TPSA) is 56.1 Å². The van der Waals surface area contributed by atoms with Crippen molar-refractivity contribution in [2.45, 2.75) is 6.54 Å². The first-order valence-corrected chi connectivity index (χ1v) is 10.8. The number of anilines is 1. The summed E-state index contributed by atoms with van der Waals surface area (Å²) in [5, 5.41) is 3.92. The molecule has 0 aliphatic rings. The van der Waals surface area contributed by atoms with Gasteiger partial charge < -0.3 is 10.1 Å². The molecule has 5 nitrogen and oxygen atoms in total. The minimum Gasteiger partial charge on any atom is -0.497 e. The van der Waals surface area contributed by atoms with Crippen molar-refractivity contribution >= 4 is 55.4 Å². The third-order valence-corrected chi connectivity index (χ3v) is 5.67. The SMILES string of the molecule is COc1ccc(CNc2nc3ccc(I)cc3c(=O)n2-c2cccc(Br)c2)cc1. The summed E-state index contributed by atoms with van der Waals surface area (Å²) in [5.41, 5.74) is 2.36. The normalized spacial score (nSPS) is 10.9. The van der Waals surface area contributed by atoms with Gasteiger partial charge in [-0.1, -0.05) is 34.1 Å². The van der Waals surface area contributed by atoms with Crippen molar-refractivity contribution in [2.24, 2.45) is 0 Å². The van der Waals surface area contributed by atoms with Gasteiger partial charge >= 0.3 is 0 Å². The Bertz CT molecular complexity index is 1240. The molecule has 4 aromatic rings. The van der Waals surface area contributed by atoms with Gasteiger partial charge in [0.15, 0.2) is 0 Å². The Kier molecular flexibility index (Phi) is 5.86. The van der Waals surface area contributed by atoms with E-state index in [0.717, 1.165) is 25.0 Å². The van der Waals surface area contributed by atoms with Crippen LogP contribution >= 0.6 is 38.5 Å². The zero-order valence-corrected chi connectivity index (χ0v) is 19.3. The molecule has 1 heterocycles. The van der Waals surface area contributed by atoms with Crippen LogP contribution in [0.25, 0.3) is 16.6 Å². The van der Waals surface area contributed by atoms with Gasteiger partial charge in [0, 0.05) is 14.6 Å². The maximum absolute atomic E-state index is 13.4. The molecule has 3 aromatic carbocycles. The highest BCUT2D eigenvalue weighted by Crippen LogP contribution is 2.21. The van der Waals surface area contributed by atoms with Crippen LogP contribution < -0.4 is 15.6 Å². The lowest BCUT2D eigenvalue weighted by atomic mass is 10.2. The predicted molar refractivity (Wildman–Crippen MR) is 128 cm³/mol. The van der Waals surface area contributed by atoms with Gasteiger partial charge in [-0.2, -0.15) is 0 Å². The lowest BCUT2D eigenvalue weighted by Crippen LogP contribution is -2.24. The van der Waals surface area contributed by atoms with Crippen LogP contribution in [-0.4, -0.2) is 16.7 Å². The third-order valence-electron chi connectivity index (χ3n) is 4.51. The largest absolute Gasteiger partial charge is 0.497 e. The molecule has 4 rings (SSSR count). The number of aromatic nitrogens is 2. The van der Waals surface area contributed by atoms with Crippen molar-refractivity contribution in [2.75, 3.05) is 12.4 Å². The molecule has 0 unspecified atom stereocenters. The van der Waals surface area contributed by atoms with Crippen LogP contribution in [0, 0.1) is 3.57 Å². The van der Waals surface area contributed by atoms with Gasteiger partial charge in [0.2, 0.25) is 5.95 Å². The second-order valence-corrected chi connectivity index (χ2v) is 8.58. The summed E-state index contributed by atoms with van der Waals surface area (Å²) in [4.78, 5) is 18.1. The van der Waals surface area contributed by atoms with Gasteiger partial charge in [-0.25, -0.2) is 9.55 Å². The van der Waals surface area contributed by atoms with Crippen LogP contribution in [0.4, 0.5) is 5.95 Å². The van der Waals surface area contributed by atoms with E-state index in [-0.39, 0.29) is 5.56 Å². The Labute approximate surface area is 190 Å². The van der Waals surface area contributed by atoms with E-state index in [1.54, 1.807) is 11.7 Å². The third kappa shape index (κ3) is 4.30. The Hall–Kier alpha value is -2.39. The molecular formula is C22H17BrIN3O2. The van der Waals surface area contributed by atoms with Crippen molar-refractivity contribution in [1.82, 2.24) is 9.55 Å². The van der Waals surface area contributed by atoms with E-state index in [9.17, 15) is 4.79 Å². The van der Waals surface area contributed by atoms with E-state index in [0.29, 0.717) is 23.4 Å². The highest BCUT2D eigenvalue weighted by Gasteiger charge is 2.13. The maximum Gasteiger partial charge on any atom is 0.267 e. The smallest absolute Gasteiger partial charge is 0.267 e. The molecule has 0 fully saturated rings. The fraction of sp³-hybridized carbons (Fsp3) is 0.0909. The highest BCUT2D eigenvalue weighted by molar-refractivity contribution is 14.1. The number of fused-ring (bicyclic) bond motifs is 1. The Morgan fingerprint density at radius 1 is 1.10 bits per heavy atom. The molecule has 146 valence electrons. The summed E-state index contributed by atoms with van der Waals surface area (Å²) in [7, 11) is 1.64. The standard InChI is InChI=1S/C22H17BrIN3O2/c1-29-18-8-5-14(6-9-18)13-25-22-26-20-10-7-16(24)12-19(20)21(28)27(22)17-4-2-3-15(23)11-17/h2-12H,13H2,1H3,(H,25,26). The molecule has 0 saturated carbocycles. The molecule has 0 aliphatic heterocycles. The van der Waals surface area contributed by atoms with Gasteiger partial charge in [0.1, 0.15) is 5.75 Å². The monoisotopic (exact) mass is 561 g/mol. The maximum atomic E-state index is 13.4. The molecule has 0 radical (unpaired) electrons. The number of methoxy groups -OCH3 is 1. The van der Waals surface area contributed by atoms with E-state index in [4.69, 9.17) is 9.72 Å². The molecule has 0 amide bonds. The second-order valence-electron chi connectivity index (χ2n) is 6.42. The number of benzene rings is 3. The average molecular weight is 562 g/mol. The van der Waals surface area contributed by atoms with Gasteiger partial charge in [0.05, 0.1) is 23.7 Å². The van der Waals surface area contributed by atoms with Crippen molar-refractivity contribution in [3.63, 3.8) is 0 Å². The number of halogens is 2. The summed E-state index contributed by atoms with van der Waals surface area (Å²) < 4.78 is 8.72. The number of rotatable bonds is 5. The first-order valence-electron chi connectivity index (χ1n) is 8.90. The van der Waals surface area contributed by atoms with E-state index < -0.39 is 0 Å². The lowest BCUT2D eigenvalue weighted by Gasteiger charge is -2.15. The zero-order chi connectivity index (χ0) is 20.4. The molecular weight excluding hydrogens is 545 g/mol. The average Bonchev–Trinajstić information content (AvgIpc) is 2.73. The molecule has 0 saturated heterocycles. The summed E-state index contributed by atoms with van der Waals surface area (Å²) in [5.74, 6) is 1.30. The van der Waals surface area contributed by atoms with Gasteiger partial charge in [0.25, 0.3) is 5.56 Å². The van der Waals surface area contributed by atoms with Crippen LogP contribution in [0.1, 0.15) is 5.56 Å². The molecule has 0 atom stereocenters. The van der Waals surface area contributed by atoms with Crippen molar-refractivity contribution in [3.05, 3.63) is 90.7 Å². The summed E-state index contributed by atoms with van der Waals surface area (Å²) in [6.45, 7) is 0.528. The summed E-state index contributed by atoms with van der Waals surface area (Å²) in [6.07, 6.45) is 0. The molecule has 1 N–H and O–H groups in total. The molecule has 7 heteroatoms. The van der Waals surface area contributed by atoms with E-state index in [1.807, 2.05) is 66.7 Å². The Morgan fingerprint density at radius 2 is 1.90 bits per heavy atom. The van der Waals surface area contributed by atoms with Crippen LogP contribution in [0.5, 0.6) is 5.75 Å². The van der Waals surface area contributed by atoms with E-state index in [1.165, 1.54) is 0 Å². The molecule has 0 spiro atoms. The quantitative estimate of drug-likeness (QED) is 0.333. The zero-order valence-electron chi connectivity index (χ0n) is 15.5. The number of ether oxygens (including phenoxy) is 1. The summed E-state index contributed by atoms with van der Waals surface area (Å²) >= 11 is 5.70. The van der Waals surface area contributed by atoms with E-state index in [2.05, 4.69) is 43.8 Å². The van der Waals surface area contributed by atoms with Crippen LogP contribution in [0.15, 0.2) is 76.0 Å². The Morgan fingerprint density at radius 3 is 2.62 bits per heavy atom. The van der Waals surface area contributed by atoms with Gasteiger partial charge in [-0.3, -0.25) is 4.79 Å². The van der Waals surface area contributed by atoms with E-state index >= 15 is 0 Å². The summed E-state index contributed by atoms with van der Waals surface area (Å²) in [6, 6.07) is 21.1. The molecule has 0 bridgehead atoms. The number of hydrogen-bond acceptors (Lipinski definition) is 4. The lowest BCUT2D eigenvalue weighted by molar-refractivity contribution is 0.414. The van der Waals surface area contributed by atoms with Crippen molar-refractivity contribution in [1.29, 1.82) is 0 Å². The van der Waals surface area contributed by atoms with Crippen molar-refractivity contribution in [3.8, 4) is 11.4 Å². The number of nitrogens with zero attached hydrogens (tertiary/aromatic N) is 2. The van der Waals surface area contributed by atoms with Crippen LogP contribution in [-0.2, 0) is 6.54 Å². The fourth-order valence-electron chi connectivity index (χ4n) is 3.06. The van der Waals surface area contributed by atoms with Crippen LogP contribution in [0.3, 0.4) is 0 Å². The molecule has 29 heavy (non-hydrogen) atoms. The Balaban J connectivity index is 1.81. The predicted octanol–water partition coefficient (Wildman–Crippen LogP) is 5.37. The van der Waals surface area contributed by atoms with Gasteiger partial charge in [-0.05, 0) is 76.7 Å². The fourth-order valence-corrected chi connectivity index (χ4v) is 3.93. The first-order chi connectivity index (χ1) is 14.0. The van der Waals surface area contributed by atoms with Crippen LogP contribution in [0.2, 0.25) is 0 Å². The second kappa shape index (κ2) is 8.54. The highest BCUT2D eigenvalue weighted by atomic mass is 127. The van der Waals surface area contributed by atoms with Gasteiger partial charge in [-0.15, -0.1) is 0 Å². The minimum absolute atomic E-state index is 0.108. The number of nitrogens with one attached hydrogen (secondary N) is 1. The number of hydrogen-bond donors (Lipinski definition) is 1. The van der Waals surface area contributed by atoms with Crippen molar-refractivity contribution < 1.29 is 4.74 Å².